The van der Waals surface area contributed by atoms with Gasteiger partial charge in [0.2, 0.25) is 5.91 Å². The molecule has 0 radical (unpaired) electrons. The van der Waals surface area contributed by atoms with E-state index in [1.807, 2.05) is 28.4 Å². The highest BCUT2D eigenvalue weighted by atomic mass is 19.4. The molecule has 24 heavy (non-hydrogen) atoms. The maximum atomic E-state index is 12.3. The molecule has 5 nitrogen and oxygen atoms in total. The van der Waals surface area contributed by atoms with E-state index in [-0.39, 0.29) is 0 Å². The Balaban J connectivity index is 1.67. The third-order valence-electron chi connectivity index (χ3n) is 4.15. The van der Waals surface area contributed by atoms with Crippen LogP contribution in [0.15, 0.2) is 18.2 Å². The molecular weight excluding hydrogens is 325 g/mol. The zero-order valence-electron chi connectivity index (χ0n) is 13.1. The van der Waals surface area contributed by atoms with Crippen LogP contribution in [0, 0.1) is 0 Å². The lowest BCUT2D eigenvalue weighted by molar-refractivity contribution is -0.141. The first-order valence-electron chi connectivity index (χ1n) is 7.90. The highest BCUT2D eigenvalue weighted by molar-refractivity contribution is 5.82. The van der Waals surface area contributed by atoms with Crippen molar-refractivity contribution < 1.29 is 27.4 Å². The van der Waals surface area contributed by atoms with E-state index in [0.29, 0.717) is 44.2 Å². The molecule has 0 unspecified atom stereocenters. The Morgan fingerprint density at radius 2 is 2.08 bits per heavy atom. The van der Waals surface area contributed by atoms with Gasteiger partial charge in [-0.1, -0.05) is 12.1 Å². The van der Waals surface area contributed by atoms with E-state index in [4.69, 9.17) is 9.47 Å². The molecule has 132 valence electrons. The maximum absolute atomic E-state index is 12.3. The predicted molar refractivity (Wildman–Crippen MR) is 79.9 cm³/mol. The fraction of sp³-hybridized carbons (Fsp3) is 0.562. The van der Waals surface area contributed by atoms with Gasteiger partial charge in [0.1, 0.15) is 19.8 Å². The van der Waals surface area contributed by atoms with Gasteiger partial charge < -0.3 is 14.8 Å². The minimum absolute atomic E-state index is 0.441. The summed E-state index contributed by atoms with van der Waals surface area (Å²) >= 11 is 0. The second-order valence-electron chi connectivity index (χ2n) is 5.90. The standard InChI is InChI=1S/C16H19F3N2O3/c17-16(18,19)10-20-15(22)12-4-2-6-21(12)9-11-3-1-5-13-14(11)24-8-7-23-13/h1,3,5,12H,2,4,6-10H2,(H,20,22)/t12-/m1/s1. The summed E-state index contributed by atoms with van der Waals surface area (Å²) in [5.41, 5.74) is 0.878. The van der Waals surface area contributed by atoms with Crippen molar-refractivity contribution in [2.45, 2.75) is 31.6 Å². The summed E-state index contributed by atoms with van der Waals surface area (Å²) in [6.07, 6.45) is -3.07. The van der Waals surface area contributed by atoms with Crippen molar-refractivity contribution in [2.75, 3.05) is 26.3 Å². The zero-order chi connectivity index (χ0) is 17.2. The van der Waals surface area contributed by atoms with Gasteiger partial charge in [0, 0.05) is 12.1 Å². The van der Waals surface area contributed by atoms with E-state index in [1.165, 1.54) is 0 Å². The Morgan fingerprint density at radius 1 is 1.29 bits per heavy atom. The van der Waals surface area contributed by atoms with Crippen LogP contribution in [0.25, 0.3) is 0 Å². The number of carbonyl (C=O) groups is 1. The van der Waals surface area contributed by atoms with Gasteiger partial charge in [-0.2, -0.15) is 13.2 Å². The lowest BCUT2D eigenvalue weighted by atomic mass is 10.1. The molecule has 8 heteroatoms. The first-order chi connectivity index (χ1) is 11.4. The van der Waals surface area contributed by atoms with Gasteiger partial charge >= 0.3 is 6.18 Å². The number of nitrogens with one attached hydrogen (secondary N) is 1. The number of halogens is 3. The second-order valence-corrected chi connectivity index (χ2v) is 5.90. The van der Waals surface area contributed by atoms with Crippen molar-refractivity contribution in [1.29, 1.82) is 0 Å². The number of hydrogen-bond acceptors (Lipinski definition) is 4. The molecule has 2 aliphatic heterocycles. The fourth-order valence-electron chi connectivity index (χ4n) is 3.09. The Labute approximate surface area is 137 Å². The molecule has 0 aliphatic carbocycles. The number of benzene rings is 1. The highest BCUT2D eigenvalue weighted by Crippen LogP contribution is 2.35. The van der Waals surface area contributed by atoms with E-state index >= 15 is 0 Å². The monoisotopic (exact) mass is 344 g/mol. The molecule has 2 aliphatic rings. The Hall–Kier alpha value is -1.96. The summed E-state index contributed by atoms with van der Waals surface area (Å²) < 4.78 is 48.0. The molecule has 2 heterocycles. The summed E-state index contributed by atoms with van der Waals surface area (Å²) in [6, 6.07) is 5.00. The number of hydrogen-bond donors (Lipinski definition) is 1. The molecule has 1 aromatic carbocycles. The molecule has 1 aromatic rings. The topological polar surface area (TPSA) is 50.8 Å². The molecule has 1 saturated heterocycles. The minimum atomic E-state index is -4.40. The minimum Gasteiger partial charge on any atom is -0.486 e. The number of rotatable bonds is 4. The van der Waals surface area contributed by atoms with Gasteiger partial charge in [-0.05, 0) is 25.5 Å². The van der Waals surface area contributed by atoms with Crippen molar-refractivity contribution in [3.8, 4) is 11.5 Å². The number of para-hydroxylation sites is 1. The van der Waals surface area contributed by atoms with Gasteiger partial charge in [0.25, 0.3) is 0 Å². The average molecular weight is 344 g/mol. The molecule has 3 rings (SSSR count). The van der Waals surface area contributed by atoms with Gasteiger partial charge in [0.05, 0.1) is 6.04 Å². The Morgan fingerprint density at radius 3 is 2.88 bits per heavy atom. The Kier molecular flexibility index (Phi) is 4.84. The van der Waals surface area contributed by atoms with Crippen LogP contribution in [0.4, 0.5) is 13.2 Å². The van der Waals surface area contributed by atoms with Gasteiger partial charge in [-0.3, -0.25) is 9.69 Å². The quantitative estimate of drug-likeness (QED) is 0.909. The number of alkyl halides is 3. The van der Waals surface area contributed by atoms with E-state index in [1.54, 1.807) is 0 Å². The Bertz CT molecular complexity index is 607. The van der Waals surface area contributed by atoms with E-state index in [2.05, 4.69) is 0 Å². The molecule has 1 N–H and O–H groups in total. The first kappa shape index (κ1) is 16.9. The summed E-state index contributed by atoms with van der Waals surface area (Å²) in [6.45, 7) is 0.751. The smallest absolute Gasteiger partial charge is 0.405 e. The van der Waals surface area contributed by atoms with Crippen LogP contribution >= 0.6 is 0 Å². The molecule has 0 aromatic heterocycles. The molecule has 0 spiro atoms. The van der Waals surface area contributed by atoms with Gasteiger partial charge in [0.15, 0.2) is 11.5 Å². The van der Waals surface area contributed by atoms with Crippen LogP contribution in [0.2, 0.25) is 0 Å². The third-order valence-corrected chi connectivity index (χ3v) is 4.15. The van der Waals surface area contributed by atoms with Crippen LogP contribution in [0.3, 0.4) is 0 Å². The SMILES string of the molecule is O=C(NCC(F)(F)F)[C@H]1CCCN1Cc1cccc2c1OCCO2. The number of amides is 1. The van der Waals surface area contributed by atoms with Crippen LogP contribution in [-0.4, -0.2) is 49.3 Å². The van der Waals surface area contributed by atoms with Gasteiger partial charge in [-0.25, -0.2) is 0 Å². The summed E-state index contributed by atoms with van der Waals surface area (Å²) in [5, 5.41) is 1.98. The molecule has 0 saturated carbocycles. The van der Waals surface area contributed by atoms with E-state index in [0.717, 1.165) is 12.0 Å². The van der Waals surface area contributed by atoms with Crippen molar-refractivity contribution in [2.24, 2.45) is 0 Å². The molecule has 1 fully saturated rings. The van der Waals surface area contributed by atoms with Crippen molar-refractivity contribution in [1.82, 2.24) is 10.2 Å². The number of nitrogens with zero attached hydrogens (tertiary/aromatic N) is 1. The normalized spacial score (nSPS) is 20.9. The lowest BCUT2D eigenvalue weighted by Crippen LogP contribution is -2.45. The average Bonchev–Trinajstić information content (AvgIpc) is 3.00. The highest BCUT2D eigenvalue weighted by Gasteiger charge is 2.34. The van der Waals surface area contributed by atoms with E-state index in [9.17, 15) is 18.0 Å². The molecular formula is C16H19F3N2O3. The lowest BCUT2D eigenvalue weighted by Gasteiger charge is -2.26. The number of carbonyl (C=O) groups excluding carboxylic acids is 1. The summed E-state index contributed by atoms with van der Waals surface area (Å²) in [4.78, 5) is 14.0. The second kappa shape index (κ2) is 6.88. The third kappa shape index (κ3) is 3.92. The van der Waals surface area contributed by atoms with Crippen molar-refractivity contribution in [3.63, 3.8) is 0 Å². The van der Waals surface area contributed by atoms with Crippen LogP contribution in [0.5, 0.6) is 11.5 Å². The van der Waals surface area contributed by atoms with Crippen molar-refractivity contribution >= 4 is 5.91 Å². The van der Waals surface area contributed by atoms with E-state index < -0.39 is 24.7 Å². The first-order valence-corrected chi connectivity index (χ1v) is 7.90. The predicted octanol–water partition coefficient (Wildman–Crippen LogP) is 2.10. The number of fused-ring (bicyclic) bond motifs is 1. The van der Waals surface area contributed by atoms with Crippen LogP contribution < -0.4 is 14.8 Å². The largest absolute Gasteiger partial charge is 0.486 e. The zero-order valence-corrected chi connectivity index (χ0v) is 13.1. The number of ether oxygens (including phenoxy) is 2. The fourth-order valence-corrected chi connectivity index (χ4v) is 3.09. The van der Waals surface area contributed by atoms with Crippen LogP contribution in [-0.2, 0) is 11.3 Å². The molecule has 0 bridgehead atoms. The molecule has 1 amide bonds. The van der Waals surface area contributed by atoms with Crippen LogP contribution in [0.1, 0.15) is 18.4 Å². The summed E-state index contributed by atoms with van der Waals surface area (Å²) in [5.74, 6) is 0.743. The van der Waals surface area contributed by atoms with Crippen molar-refractivity contribution in [3.05, 3.63) is 23.8 Å². The summed E-state index contributed by atoms with van der Waals surface area (Å²) in [7, 11) is 0. The van der Waals surface area contributed by atoms with Gasteiger partial charge in [-0.15, -0.1) is 0 Å². The molecule has 1 atom stereocenters. The maximum Gasteiger partial charge on any atom is 0.405 e. The number of likely N-dealkylation sites (tertiary alicyclic amines) is 1.